The summed E-state index contributed by atoms with van der Waals surface area (Å²) < 4.78 is 13.0. The summed E-state index contributed by atoms with van der Waals surface area (Å²) in [7, 11) is 0. The molecule has 0 spiro atoms. The van der Waals surface area contributed by atoms with Crippen LogP contribution in [-0.2, 0) is 0 Å². The Morgan fingerprint density at radius 2 is 1.08 bits per heavy atom. The second kappa shape index (κ2) is 3.12. The molecule has 0 unspecified atom stereocenters. The van der Waals surface area contributed by atoms with E-state index in [2.05, 4.69) is 0 Å². The van der Waals surface area contributed by atoms with Crippen molar-refractivity contribution in [3.63, 3.8) is 0 Å². The Balaban J connectivity index is 2.93. The Morgan fingerprint density at radius 1 is 0.769 bits per heavy atom. The van der Waals surface area contributed by atoms with Gasteiger partial charge in [0.25, 0.3) is 5.85 Å². The monoisotopic (exact) mass is 198 g/mol. The summed E-state index contributed by atoms with van der Waals surface area (Å²) in [4.78, 5) is 0. The van der Waals surface area contributed by atoms with E-state index in [1.54, 1.807) is 0 Å². The molecule has 78 valence electrons. The van der Waals surface area contributed by atoms with Crippen LogP contribution in [0.1, 0.15) is 0 Å². The van der Waals surface area contributed by atoms with Gasteiger partial charge in [0.1, 0.15) is 30.5 Å². The Hall–Kier alpha value is -0.310. The minimum absolute atomic E-state index is 1.90. The number of hydrogen-bond donors (Lipinski definition) is 6. The summed E-state index contributed by atoms with van der Waals surface area (Å²) >= 11 is 0. The third-order valence-electron chi connectivity index (χ3n) is 2.18. The maximum Gasteiger partial charge on any atom is 0.264 e. The van der Waals surface area contributed by atoms with Crippen molar-refractivity contribution in [3.8, 4) is 0 Å². The van der Waals surface area contributed by atoms with Gasteiger partial charge in [0.2, 0.25) is 0 Å². The summed E-state index contributed by atoms with van der Waals surface area (Å²) in [6, 6.07) is 0. The lowest BCUT2D eigenvalue weighted by molar-refractivity contribution is -0.314. The maximum atomic E-state index is 13.0. The fraction of sp³-hybridized carbons (Fsp3) is 1.00. The van der Waals surface area contributed by atoms with E-state index in [0.29, 0.717) is 0 Å². The number of aliphatic hydroxyl groups excluding tert-OH is 5. The number of hydrogen-bond acceptors (Lipinski definition) is 6. The molecule has 0 amide bonds. The van der Waals surface area contributed by atoms with Crippen LogP contribution >= 0.6 is 0 Å². The van der Waals surface area contributed by atoms with Crippen LogP contribution in [0.2, 0.25) is 0 Å². The van der Waals surface area contributed by atoms with Crippen molar-refractivity contribution in [1.29, 1.82) is 0 Å². The van der Waals surface area contributed by atoms with Crippen LogP contribution in [0.15, 0.2) is 0 Å². The van der Waals surface area contributed by atoms with E-state index in [-0.39, 0.29) is 0 Å². The van der Waals surface area contributed by atoms with Crippen molar-refractivity contribution in [3.05, 3.63) is 0 Å². The molecule has 0 heterocycles. The summed E-state index contributed by atoms with van der Waals surface area (Å²) in [5, 5.41) is 53.2. The minimum Gasteiger partial charge on any atom is -0.387 e. The summed E-state index contributed by atoms with van der Waals surface area (Å²) in [5.41, 5.74) is 0. The highest BCUT2D eigenvalue weighted by molar-refractivity contribution is 5.02. The number of rotatable bonds is 0. The molecule has 6 atom stereocenters. The molecule has 1 rings (SSSR count). The molecule has 6 N–H and O–H groups in total. The van der Waals surface area contributed by atoms with Gasteiger partial charge in [-0.25, -0.2) is 4.39 Å². The molecule has 0 bridgehead atoms. The van der Waals surface area contributed by atoms with Crippen LogP contribution in [0.4, 0.5) is 4.39 Å². The molecule has 0 aromatic rings. The lowest BCUT2D eigenvalue weighted by Crippen LogP contribution is -2.68. The molecule has 1 saturated carbocycles. The Labute approximate surface area is 72.5 Å². The number of alkyl halides is 1. The molecular formula is C6H11FO6. The first-order valence-corrected chi connectivity index (χ1v) is 3.61. The lowest BCUT2D eigenvalue weighted by atomic mass is 9.83. The smallest absolute Gasteiger partial charge is 0.264 e. The Bertz CT molecular complexity index is 180. The van der Waals surface area contributed by atoms with Gasteiger partial charge in [-0.05, 0) is 0 Å². The van der Waals surface area contributed by atoms with Crippen LogP contribution in [0.5, 0.6) is 0 Å². The Morgan fingerprint density at radius 3 is 1.38 bits per heavy atom. The highest BCUT2D eigenvalue weighted by Gasteiger charge is 2.58. The van der Waals surface area contributed by atoms with Gasteiger partial charge in [-0.2, -0.15) is 0 Å². The Kier molecular flexibility index (Phi) is 2.59. The predicted octanol–water partition coefficient (Wildman–Crippen LogP) is -3.54. The second-order valence-electron chi connectivity index (χ2n) is 3.09. The quantitative estimate of drug-likeness (QED) is 0.240. The SMILES string of the molecule is O[C@H]1[C@@H](O)[C@@H](O)[C@](O)(F)[C@@H](O)[C@H]1O. The molecule has 0 aliphatic heterocycles. The van der Waals surface area contributed by atoms with E-state index < -0.39 is 36.4 Å². The zero-order valence-corrected chi connectivity index (χ0v) is 6.45. The van der Waals surface area contributed by atoms with Crippen molar-refractivity contribution in [2.24, 2.45) is 0 Å². The van der Waals surface area contributed by atoms with Crippen molar-refractivity contribution < 1.29 is 35.0 Å². The molecular weight excluding hydrogens is 187 g/mol. The highest BCUT2D eigenvalue weighted by Crippen LogP contribution is 2.31. The van der Waals surface area contributed by atoms with Gasteiger partial charge < -0.3 is 30.6 Å². The molecule has 1 fully saturated rings. The average Bonchev–Trinajstić information content (AvgIpc) is 2.09. The average molecular weight is 198 g/mol. The van der Waals surface area contributed by atoms with Gasteiger partial charge in [0.05, 0.1) is 0 Å². The molecule has 1 aliphatic rings. The van der Waals surface area contributed by atoms with Gasteiger partial charge in [-0.3, -0.25) is 0 Å². The van der Waals surface area contributed by atoms with Crippen LogP contribution in [0.3, 0.4) is 0 Å². The standard InChI is InChI=1S/C6H11FO6/c7-6(13)4(11)2(9)1(8)3(10)5(6)12/h1-5,8-13H/t1-,2+,3-,4+,5-,6+. The third-order valence-corrected chi connectivity index (χ3v) is 2.18. The molecule has 0 aromatic carbocycles. The van der Waals surface area contributed by atoms with Crippen molar-refractivity contribution in [2.75, 3.05) is 0 Å². The van der Waals surface area contributed by atoms with Gasteiger partial charge in [-0.1, -0.05) is 0 Å². The van der Waals surface area contributed by atoms with Gasteiger partial charge in [-0.15, -0.1) is 0 Å². The molecule has 6 nitrogen and oxygen atoms in total. The van der Waals surface area contributed by atoms with E-state index in [0.717, 1.165) is 0 Å². The summed E-state index contributed by atoms with van der Waals surface area (Å²) in [6.07, 6.45) is -10.7. The number of halogens is 1. The van der Waals surface area contributed by atoms with E-state index in [1.165, 1.54) is 0 Å². The van der Waals surface area contributed by atoms with Crippen molar-refractivity contribution in [2.45, 2.75) is 36.4 Å². The highest BCUT2D eigenvalue weighted by atomic mass is 19.2. The molecule has 0 aromatic heterocycles. The maximum absolute atomic E-state index is 13.0. The summed E-state index contributed by atoms with van der Waals surface area (Å²) in [5.74, 6) is -3.53. The molecule has 7 heteroatoms. The van der Waals surface area contributed by atoms with Crippen molar-refractivity contribution >= 4 is 0 Å². The normalized spacial score (nSPS) is 57.9. The zero-order chi connectivity index (χ0) is 10.4. The van der Waals surface area contributed by atoms with Crippen LogP contribution in [0, 0.1) is 0 Å². The molecule has 1 aliphatic carbocycles. The fourth-order valence-corrected chi connectivity index (χ4v) is 1.23. The van der Waals surface area contributed by atoms with E-state index in [1.807, 2.05) is 0 Å². The van der Waals surface area contributed by atoms with Gasteiger partial charge in [0, 0.05) is 0 Å². The fourth-order valence-electron chi connectivity index (χ4n) is 1.23. The first kappa shape index (κ1) is 10.8. The van der Waals surface area contributed by atoms with E-state index >= 15 is 0 Å². The largest absolute Gasteiger partial charge is 0.387 e. The van der Waals surface area contributed by atoms with Gasteiger partial charge >= 0.3 is 0 Å². The minimum atomic E-state index is -3.53. The van der Waals surface area contributed by atoms with E-state index in [4.69, 9.17) is 30.6 Å². The van der Waals surface area contributed by atoms with E-state index in [9.17, 15) is 4.39 Å². The molecule has 0 radical (unpaired) electrons. The molecule has 13 heavy (non-hydrogen) atoms. The summed E-state index contributed by atoms with van der Waals surface area (Å²) in [6.45, 7) is 0. The second-order valence-corrected chi connectivity index (χ2v) is 3.09. The van der Waals surface area contributed by atoms with Crippen molar-refractivity contribution in [1.82, 2.24) is 0 Å². The zero-order valence-electron chi connectivity index (χ0n) is 6.45. The first-order valence-electron chi connectivity index (χ1n) is 3.61. The molecule has 0 saturated heterocycles. The topological polar surface area (TPSA) is 121 Å². The lowest BCUT2D eigenvalue weighted by Gasteiger charge is -2.42. The first-order chi connectivity index (χ1) is 5.80. The predicted molar refractivity (Wildman–Crippen MR) is 36.1 cm³/mol. The van der Waals surface area contributed by atoms with Crippen LogP contribution in [-0.4, -0.2) is 67.0 Å². The third kappa shape index (κ3) is 1.43. The van der Waals surface area contributed by atoms with Crippen LogP contribution in [0.25, 0.3) is 0 Å². The number of aliphatic hydroxyl groups is 6. The van der Waals surface area contributed by atoms with Crippen LogP contribution < -0.4 is 0 Å². The van der Waals surface area contributed by atoms with Gasteiger partial charge in [0.15, 0.2) is 0 Å².